The van der Waals surface area contributed by atoms with Crippen LogP contribution >= 0.6 is 0 Å². The summed E-state index contributed by atoms with van der Waals surface area (Å²) in [6, 6.07) is 1.94. The van der Waals surface area contributed by atoms with Crippen molar-refractivity contribution < 1.29 is 46.2 Å². The van der Waals surface area contributed by atoms with E-state index in [4.69, 9.17) is 36.7 Å². The molecule has 0 bridgehead atoms. The van der Waals surface area contributed by atoms with Gasteiger partial charge in [0.1, 0.15) is 13.2 Å². The molecule has 0 amide bonds. The van der Waals surface area contributed by atoms with Gasteiger partial charge >= 0.3 is 20.9 Å². The molecule has 33 heavy (non-hydrogen) atoms. The van der Waals surface area contributed by atoms with Gasteiger partial charge in [-0.05, 0) is 64.2 Å². The minimum atomic E-state index is -2.28. The summed E-state index contributed by atoms with van der Waals surface area (Å²) in [4.78, 5) is 21.8. The van der Waals surface area contributed by atoms with E-state index in [1.165, 1.54) is 0 Å². The summed E-state index contributed by atoms with van der Waals surface area (Å²) in [6.45, 7) is 15.6. The Hall–Kier alpha value is -0.969. The second kappa shape index (κ2) is 12.7. The van der Waals surface area contributed by atoms with Gasteiger partial charge in [0.25, 0.3) is 0 Å². The van der Waals surface area contributed by atoms with Crippen LogP contribution < -0.4 is 0 Å². The average Bonchev–Trinajstić information content (AvgIpc) is 3.27. The monoisotopic (exact) mass is 524 g/mol. The molecule has 2 heterocycles. The summed E-state index contributed by atoms with van der Waals surface area (Å²) in [5.41, 5.74) is 0. The van der Waals surface area contributed by atoms with Gasteiger partial charge in [-0.2, -0.15) is 0 Å². The summed E-state index contributed by atoms with van der Waals surface area (Å²) in [7, 11) is -6.08. The minimum absolute atomic E-state index is 0.260. The maximum Gasteiger partial charge on any atom is 0.508 e. The summed E-state index contributed by atoms with van der Waals surface area (Å²) >= 11 is 0. The van der Waals surface area contributed by atoms with Gasteiger partial charge in [0.2, 0.25) is 0 Å². The molecule has 10 nitrogen and oxygen atoms in total. The molecule has 2 fully saturated rings. The lowest BCUT2D eigenvalue weighted by atomic mass is 10.4. The molecule has 0 aromatic carbocycles. The Kier molecular flexibility index (Phi) is 10.8. The first kappa shape index (κ1) is 28.3. The van der Waals surface area contributed by atoms with Crippen LogP contribution in [0.2, 0.25) is 51.4 Å². The molecule has 0 aromatic heterocycles. The van der Waals surface area contributed by atoms with Crippen LogP contribution in [0.15, 0.2) is 0 Å². The topological polar surface area (TPSA) is 108 Å². The third-order valence-corrected chi connectivity index (χ3v) is 16.6. The molecular weight excluding hydrogens is 484 g/mol. The van der Waals surface area contributed by atoms with Crippen molar-refractivity contribution in [3.05, 3.63) is 0 Å². The maximum absolute atomic E-state index is 10.9. The van der Waals surface area contributed by atoms with Crippen molar-refractivity contribution in [3.63, 3.8) is 0 Å². The fourth-order valence-electron chi connectivity index (χ4n) is 3.98. The summed E-state index contributed by atoms with van der Waals surface area (Å²) in [5, 5.41) is 0. The zero-order valence-corrected chi connectivity index (χ0v) is 23.8. The normalized spacial score (nSPS) is 21.5. The molecule has 2 atom stereocenters. The zero-order chi connectivity index (χ0) is 24.5. The molecule has 2 unspecified atom stereocenters. The summed E-state index contributed by atoms with van der Waals surface area (Å²) in [6.07, 6.45) is -0.0577. The van der Waals surface area contributed by atoms with Crippen LogP contribution in [0.3, 0.4) is 0 Å². The van der Waals surface area contributed by atoms with E-state index in [1.807, 2.05) is 0 Å². The number of cyclic esters (lactones) is 4. The molecule has 0 aliphatic carbocycles. The maximum atomic E-state index is 10.9. The molecule has 2 aliphatic heterocycles. The third kappa shape index (κ3) is 11.8. The van der Waals surface area contributed by atoms with Gasteiger partial charge in [-0.25, -0.2) is 9.59 Å². The van der Waals surface area contributed by atoms with Crippen LogP contribution in [0.25, 0.3) is 0 Å². The molecule has 0 saturated carbocycles. The number of ether oxygens (including phenoxy) is 6. The molecule has 13 heteroatoms. The first-order valence-electron chi connectivity index (χ1n) is 11.6. The Morgan fingerprint density at radius 3 is 1.45 bits per heavy atom. The third-order valence-electron chi connectivity index (χ3n) is 5.09. The average molecular weight is 525 g/mol. The lowest BCUT2D eigenvalue weighted by Gasteiger charge is -2.38. The lowest BCUT2D eigenvalue weighted by Crippen LogP contribution is -2.52. The van der Waals surface area contributed by atoms with Gasteiger partial charge in [-0.3, -0.25) is 0 Å². The first-order chi connectivity index (χ1) is 15.4. The fraction of sp³-hybridized carbons (Fsp3) is 0.900. The smallest absolute Gasteiger partial charge is 0.437 e. The van der Waals surface area contributed by atoms with Crippen LogP contribution in [-0.4, -0.2) is 89.4 Å². The van der Waals surface area contributed by atoms with Gasteiger partial charge in [0.15, 0.2) is 28.8 Å². The van der Waals surface area contributed by atoms with E-state index in [2.05, 4.69) is 39.3 Å². The van der Waals surface area contributed by atoms with E-state index < -0.39 is 37.5 Å². The standard InChI is InChI=1S/C20H40O10Si3/c1-31(2,11-7-9-23-13-17-15-25-19(21)27-17)29-33(5,6)30-32(3,4)12-8-10-24-14-18-16-26-20(22)28-18/h17-18H,7-16H2,1-6H3. The van der Waals surface area contributed by atoms with Crippen molar-refractivity contribution in [2.45, 2.75) is 76.4 Å². The number of hydrogen-bond donors (Lipinski definition) is 0. The second-order valence-electron chi connectivity index (χ2n) is 10.1. The van der Waals surface area contributed by atoms with Crippen molar-refractivity contribution >= 4 is 37.5 Å². The first-order valence-corrected chi connectivity index (χ1v) is 20.6. The highest BCUT2D eigenvalue weighted by Gasteiger charge is 2.39. The highest BCUT2D eigenvalue weighted by molar-refractivity contribution is 6.87. The number of hydrogen-bond acceptors (Lipinski definition) is 10. The fourth-order valence-corrected chi connectivity index (χ4v) is 18.0. The van der Waals surface area contributed by atoms with Crippen molar-refractivity contribution in [2.24, 2.45) is 0 Å². The predicted molar refractivity (Wildman–Crippen MR) is 128 cm³/mol. The zero-order valence-electron chi connectivity index (χ0n) is 20.8. The van der Waals surface area contributed by atoms with Crippen LogP contribution in [0.1, 0.15) is 12.8 Å². The molecule has 192 valence electrons. The van der Waals surface area contributed by atoms with E-state index in [-0.39, 0.29) is 25.4 Å². The number of carbonyl (C=O) groups excluding carboxylic acids is 2. The Bertz CT molecular complexity index is 592. The Labute approximate surface area is 200 Å². The molecule has 2 rings (SSSR count). The molecular formula is C20H40O10Si3. The molecule has 0 spiro atoms. The molecule has 2 aliphatic rings. The molecule has 0 N–H and O–H groups in total. The van der Waals surface area contributed by atoms with Crippen LogP contribution in [0, 0.1) is 0 Å². The molecule has 2 saturated heterocycles. The van der Waals surface area contributed by atoms with Gasteiger partial charge in [0, 0.05) is 13.2 Å². The molecule has 0 aromatic rings. The minimum Gasteiger partial charge on any atom is -0.437 e. The quantitative estimate of drug-likeness (QED) is 0.167. The van der Waals surface area contributed by atoms with E-state index in [0.29, 0.717) is 26.4 Å². The number of carbonyl (C=O) groups is 2. The van der Waals surface area contributed by atoms with Crippen LogP contribution in [0.5, 0.6) is 0 Å². The van der Waals surface area contributed by atoms with E-state index >= 15 is 0 Å². The summed E-state index contributed by atoms with van der Waals surface area (Å²) < 4.78 is 43.9. The Morgan fingerprint density at radius 2 is 1.12 bits per heavy atom. The molecule has 0 radical (unpaired) electrons. The largest absolute Gasteiger partial charge is 0.508 e. The van der Waals surface area contributed by atoms with E-state index in [1.54, 1.807) is 0 Å². The predicted octanol–water partition coefficient (Wildman–Crippen LogP) is 4.02. The Morgan fingerprint density at radius 1 is 0.727 bits per heavy atom. The van der Waals surface area contributed by atoms with Crippen LogP contribution in [-0.2, 0) is 36.7 Å². The lowest BCUT2D eigenvalue weighted by molar-refractivity contribution is 0.0459. The van der Waals surface area contributed by atoms with Gasteiger partial charge in [-0.1, -0.05) is 0 Å². The van der Waals surface area contributed by atoms with Crippen molar-refractivity contribution in [1.82, 2.24) is 0 Å². The van der Waals surface area contributed by atoms with E-state index in [0.717, 1.165) is 24.9 Å². The van der Waals surface area contributed by atoms with Crippen LogP contribution in [0.4, 0.5) is 9.59 Å². The van der Waals surface area contributed by atoms with Gasteiger partial charge in [0.05, 0.1) is 13.2 Å². The number of rotatable bonds is 16. The van der Waals surface area contributed by atoms with Gasteiger partial charge in [-0.15, -0.1) is 0 Å². The van der Waals surface area contributed by atoms with Crippen molar-refractivity contribution in [2.75, 3.05) is 39.6 Å². The SMILES string of the molecule is C[Si](C)(CCCOCC1COC(=O)O1)O[Si](C)(C)O[Si](C)(C)CCCOCC1COC(=O)O1. The highest BCUT2D eigenvalue weighted by atomic mass is 28.5. The highest BCUT2D eigenvalue weighted by Crippen LogP contribution is 2.26. The Balaban J connectivity index is 1.59. The second-order valence-corrected chi connectivity index (χ2v) is 22.6. The van der Waals surface area contributed by atoms with Crippen molar-refractivity contribution in [1.29, 1.82) is 0 Å². The van der Waals surface area contributed by atoms with E-state index in [9.17, 15) is 9.59 Å². The van der Waals surface area contributed by atoms with Gasteiger partial charge < -0.3 is 36.7 Å². The summed E-state index contributed by atoms with van der Waals surface area (Å²) in [5.74, 6) is 0. The van der Waals surface area contributed by atoms with Crippen molar-refractivity contribution in [3.8, 4) is 0 Å².